The summed E-state index contributed by atoms with van der Waals surface area (Å²) in [5, 5.41) is 9.01. The lowest BCUT2D eigenvalue weighted by Crippen LogP contribution is -2.39. The zero-order valence-electron chi connectivity index (χ0n) is 13.6. The first-order chi connectivity index (χ1) is 12.3. The minimum absolute atomic E-state index is 0.467. The van der Waals surface area contributed by atoms with E-state index in [4.69, 9.17) is 20.9 Å². The quantitative estimate of drug-likeness (QED) is 0.750. The molecule has 0 bridgehead atoms. The molecule has 2 aromatic heterocycles. The molecule has 0 aliphatic carbocycles. The third-order valence-corrected chi connectivity index (χ3v) is 4.47. The van der Waals surface area contributed by atoms with E-state index in [0.29, 0.717) is 16.4 Å². The standard InChI is InChI=1S/C17H18ClN5O2/c18-13-3-1-12(2-4-13)15-14-16(20-11-21-17(14)25-22-15)19-5-6-23-7-9-24-10-8-23/h1-4,11H,5-10H2,(H,19,20,21). The minimum Gasteiger partial charge on any atom is -0.379 e. The van der Waals surface area contributed by atoms with E-state index in [9.17, 15) is 0 Å². The number of benzene rings is 1. The average Bonchev–Trinajstić information content (AvgIpc) is 3.08. The molecule has 0 unspecified atom stereocenters. The monoisotopic (exact) mass is 359 g/mol. The number of ether oxygens (including phenoxy) is 1. The molecule has 130 valence electrons. The van der Waals surface area contributed by atoms with Gasteiger partial charge in [0.05, 0.1) is 13.2 Å². The van der Waals surface area contributed by atoms with E-state index in [1.54, 1.807) is 0 Å². The first-order valence-electron chi connectivity index (χ1n) is 8.21. The minimum atomic E-state index is 0.467. The topological polar surface area (TPSA) is 76.3 Å². The maximum Gasteiger partial charge on any atom is 0.263 e. The van der Waals surface area contributed by atoms with Crippen LogP contribution < -0.4 is 5.32 Å². The molecule has 3 heterocycles. The van der Waals surface area contributed by atoms with Crippen molar-refractivity contribution in [2.75, 3.05) is 44.7 Å². The van der Waals surface area contributed by atoms with E-state index < -0.39 is 0 Å². The van der Waals surface area contributed by atoms with Gasteiger partial charge in [-0.05, 0) is 12.1 Å². The second-order valence-electron chi connectivity index (χ2n) is 5.82. The Morgan fingerprint density at radius 1 is 1.12 bits per heavy atom. The number of fused-ring (bicyclic) bond motifs is 1. The Hall–Kier alpha value is -2.22. The molecule has 1 aliphatic heterocycles. The first kappa shape index (κ1) is 16.3. The van der Waals surface area contributed by atoms with Gasteiger partial charge in [0, 0.05) is 36.8 Å². The van der Waals surface area contributed by atoms with Crippen LogP contribution in [0.2, 0.25) is 5.02 Å². The van der Waals surface area contributed by atoms with Gasteiger partial charge in [-0.1, -0.05) is 28.9 Å². The number of hydrogen-bond donors (Lipinski definition) is 1. The van der Waals surface area contributed by atoms with Crippen molar-refractivity contribution in [1.82, 2.24) is 20.0 Å². The van der Waals surface area contributed by atoms with Crippen LogP contribution in [0.15, 0.2) is 35.1 Å². The van der Waals surface area contributed by atoms with Crippen LogP contribution in [0.4, 0.5) is 5.82 Å². The van der Waals surface area contributed by atoms with Gasteiger partial charge < -0.3 is 14.6 Å². The van der Waals surface area contributed by atoms with Crippen molar-refractivity contribution in [1.29, 1.82) is 0 Å². The van der Waals surface area contributed by atoms with Crippen LogP contribution in [0.3, 0.4) is 0 Å². The second kappa shape index (κ2) is 7.35. The molecule has 7 nitrogen and oxygen atoms in total. The van der Waals surface area contributed by atoms with E-state index in [2.05, 4.69) is 25.3 Å². The molecule has 8 heteroatoms. The molecule has 4 rings (SSSR count). The summed E-state index contributed by atoms with van der Waals surface area (Å²) in [6.45, 7) is 5.22. The summed E-state index contributed by atoms with van der Waals surface area (Å²) >= 11 is 5.97. The van der Waals surface area contributed by atoms with Crippen LogP contribution in [0, 0.1) is 0 Å². The van der Waals surface area contributed by atoms with Crippen molar-refractivity contribution >= 4 is 28.5 Å². The summed E-state index contributed by atoms with van der Waals surface area (Å²) in [5.41, 5.74) is 2.09. The van der Waals surface area contributed by atoms with E-state index in [1.165, 1.54) is 6.33 Å². The molecule has 1 aromatic carbocycles. The number of nitrogens with zero attached hydrogens (tertiary/aromatic N) is 4. The number of nitrogens with one attached hydrogen (secondary N) is 1. The lowest BCUT2D eigenvalue weighted by molar-refractivity contribution is 0.0398. The van der Waals surface area contributed by atoms with E-state index in [-0.39, 0.29) is 0 Å². The summed E-state index contributed by atoms with van der Waals surface area (Å²) in [7, 11) is 0. The fourth-order valence-corrected chi connectivity index (χ4v) is 3.01. The van der Waals surface area contributed by atoms with Gasteiger partial charge in [0.25, 0.3) is 5.71 Å². The number of rotatable bonds is 5. The van der Waals surface area contributed by atoms with Crippen LogP contribution >= 0.6 is 11.6 Å². The fraction of sp³-hybridized carbons (Fsp3) is 0.353. The molecule has 0 saturated carbocycles. The Balaban J connectivity index is 1.56. The molecule has 0 radical (unpaired) electrons. The number of anilines is 1. The molecular weight excluding hydrogens is 342 g/mol. The summed E-state index contributed by atoms with van der Waals surface area (Å²) in [4.78, 5) is 10.9. The van der Waals surface area contributed by atoms with Crippen molar-refractivity contribution in [3.05, 3.63) is 35.6 Å². The first-order valence-corrected chi connectivity index (χ1v) is 8.59. The van der Waals surface area contributed by atoms with Gasteiger partial charge in [-0.2, -0.15) is 4.98 Å². The smallest absolute Gasteiger partial charge is 0.263 e. The predicted molar refractivity (Wildman–Crippen MR) is 95.8 cm³/mol. The SMILES string of the molecule is Clc1ccc(-c2noc3ncnc(NCCN4CCOCC4)c23)cc1. The van der Waals surface area contributed by atoms with Gasteiger partial charge in [0.2, 0.25) is 0 Å². The molecule has 1 saturated heterocycles. The molecule has 1 fully saturated rings. The molecule has 1 N–H and O–H groups in total. The lowest BCUT2D eigenvalue weighted by Gasteiger charge is -2.26. The molecule has 25 heavy (non-hydrogen) atoms. The van der Waals surface area contributed by atoms with Gasteiger partial charge in [-0.15, -0.1) is 0 Å². The highest BCUT2D eigenvalue weighted by Gasteiger charge is 2.17. The summed E-state index contributed by atoms with van der Waals surface area (Å²) < 4.78 is 10.7. The Bertz CT molecular complexity index is 846. The van der Waals surface area contributed by atoms with Crippen molar-refractivity contribution in [2.24, 2.45) is 0 Å². The Morgan fingerprint density at radius 2 is 1.92 bits per heavy atom. The predicted octanol–water partition coefficient (Wildman–Crippen LogP) is 2.68. The maximum absolute atomic E-state index is 5.97. The molecule has 1 aliphatic rings. The van der Waals surface area contributed by atoms with Crippen molar-refractivity contribution in [3.63, 3.8) is 0 Å². The molecule has 0 spiro atoms. The van der Waals surface area contributed by atoms with Crippen LogP contribution in [-0.2, 0) is 4.74 Å². The van der Waals surface area contributed by atoms with Gasteiger partial charge in [0.15, 0.2) is 0 Å². The third-order valence-electron chi connectivity index (χ3n) is 4.21. The largest absolute Gasteiger partial charge is 0.379 e. The Morgan fingerprint density at radius 3 is 2.72 bits per heavy atom. The van der Waals surface area contributed by atoms with Crippen LogP contribution in [0.1, 0.15) is 0 Å². The van der Waals surface area contributed by atoms with Crippen LogP contribution in [-0.4, -0.2) is 59.4 Å². The van der Waals surface area contributed by atoms with Gasteiger partial charge in [-0.25, -0.2) is 4.98 Å². The summed E-state index contributed by atoms with van der Waals surface area (Å²) in [5.74, 6) is 0.726. The molecule has 0 amide bonds. The normalized spacial score (nSPS) is 15.6. The van der Waals surface area contributed by atoms with Crippen molar-refractivity contribution < 1.29 is 9.26 Å². The van der Waals surface area contributed by atoms with E-state index in [1.807, 2.05) is 24.3 Å². The summed E-state index contributed by atoms with van der Waals surface area (Å²) in [6, 6.07) is 7.47. The fourth-order valence-electron chi connectivity index (χ4n) is 2.88. The maximum atomic E-state index is 5.97. The number of aromatic nitrogens is 3. The summed E-state index contributed by atoms with van der Waals surface area (Å²) in [6.07, 6.45) is 1.48. The average molecular weight is 360 g/mol. The van der Waals surface area contributed by atoms with Crippen molar-refractivity contribution in [2.45, 2.75) is 0 Å². The number of hydrogen-bond acceptors (Lipinski definition) is 7. The van der Waals surface area contributed by atoms with E-state index in [0.717, 1.165) is 56.2 Å². The Kier molecular flexibility index (Phi) is 4.78. The number of halogens is 1. The van der Waals surface area contributed by atoms with Gasteiger partial charge in [-0.3, -0.25) is 4.90 Å². The zero-order valence-corrected chi connectivity index (χ0v) is 14.4. The lowest BCUT2D eigenvalue weighted by atomic mass is 10.1. The highest BCUT2D eigenvalue weighted by atomic mass is 35.5. The van der Waals surface area contributed by atoms with Crippen molar-refractivity contribution in [3.8, 4) is 11.3 Å². The van der Waals surface area contributed by atoms with E-state index >= 15 is 0 Å². The zero-order chi connectivity index (χ0) is 17.1. The highest BCUT2D eigenvalue weighted by molar-refractivity contribution is 6.30. The van der Waals surface area contributed by atoms with Crippen LogP contribution in [0.25, 0.3) is 22.4 Å². The third kappa shape index (κ3) is 3.58. The molecular formula is C17H18ClN5O2. The Labute approximate surface area is 149 Å². The highest BCUT2D eigenvalue weighted by Crippen LogP contribution is 2.31. The molecule has 3 aromatic rings. The molecule has 0 atom stereocenters. The second-order valence-corrected chi connectivity index (χ2v) is 6.26. The number of morpholine rings is 1. The van der Waals surface area contributed by atoms with Gasteiger partial charge in [0.1, 0.15) is 23.2 Å². The van der Waals surface area contributed by atoms with Gasteiger partial charge >= 0.3 is 0 Å². The van der Waals surface area contributed by atoms with Crippen LogP contribution in [0.5, 0.6) is 0 Å².